The molecule has 1 unspecified atom stereocenters. The van der Waals surface area contributed by atoms with Gasteiger partial charge in [0.25, 0.3) is 11.4 Å². The van der Waals surface area contributed by atoms with Gasteiger partial charge >= 0.3 is 0 Å². The molecule has 5 heterocycles. The van der Waals surface area contributed by atoms with Crippen LogP contribution >= 0.6 is 56.7 Å². The lowest BCUT2D eigenvalue weighted by Crippen LogP contribution is -2.03. The standard InChI is InChI=1S/C32H24N4S5/c1-5-7-8-19(6-2)11-23-25(13-21(18-34)36-4)38-31-16-30(41-32(23)31)29-15-28-27(40-29)14-26(39-28)24-10-9-22(37-24)12-20(17-33)35-3/h9-10,12-16,19H,5-8,11H2,1-2H3/b20-12+,21-13-. The van der Waals surface area contributed by atoms with Crippen LogP contribution in [0.4, 0.5) is 0 Å². The molecule has 5 aromatic rings. The van der Waals surface area contributed by atoms with Crippen LogP contribution < -0.4 is 0 Å². The second-order valence-electron chi connectivity index (χ2n) is 9.53. The maximum absolute atomic E-state index is 9.39. The molecule has 41 heavy (non-hydrogen) atoms. The molecule has 0 aromatic carbocycles. The highest BCUT2D eigenvalue weighted by atomic mass is 32.1. The highest BCUT2D eigenvalue weighted by Gasteiger charge is 2.20. The molecule has 0 amide bonds. The molecule has 0 fully saturated rings. The number of rotatable bonds is 10. The van der Waals surface area contributed by atoms with E-state index in [0.717, 1.165) is 27.5 Å². The van der Waals surface area contributed by atoms with Gasteiger partial charge in [-0.3, -0.25) is 0 Å². The van der Waals surface area contributed by atoms with Crippen LogP contribution in [-0.2, 0) is 6.42 Å². The van der Waals surface area contributed by atoms with Gasteiger partial charge in [0.05, 0.1) is 25.3 Å². The third kappa shape index (κ3) is 6.22. The van der Waals surface area contributed by atoms with E-state index in [2.05, 4.69) is 47.8 Å². The average molecular weight is 625 g/mol. The lowest BCUT2D eigenvalue weighted by molar-refractivity contribution is 0.450. The smallest absolute Gasteiger partial charge is 0.227 e. The highest BCUT2D eigenvalue weighted by Crippen LogP contribution is 2.48. The normalized spacial score (nSPS) is 12.7. The molecule has 1 atom stereocenters. The van der Waals surface area contributed by atoms with Gasteiger partial charge in [0.2, 0.25) is 0 Å². The Balaban J connectivity index is 1.47. The van der Waals surface area contributed by atoms with Crippen LogP contribution in [0, 0.1) is 41.7 Å². The van der Waals surface area contributed by atoms with Crippen molar-refractivity contribution >= 4 is 87.6 Å². The molecule has 0 N–H and O–H groups in total. The third-order valence-electron chi connectivity index (χ3n) is 6.86. The summed E-state index contributed by atoms with van der Waals surface area (Å²) in [5.41, 5.74) is 1.53. The van der Waals surface area contributed by atoms with E-state index >= 15 is 0 Å². The van der Waals surface area contributed by atoms with Gasteiger partial charge in [-0.1, -0.05) is 39.5 Å². The van der Waals surface area contributed by atoms with E-state index in [4.69, 9.17) is 18.4 Å². The molecule has 5 aromatic heterocycles. The van der Waals surface area contributed by atoms with Crippen LogP contribution in [0.3, 0.4) is 0 Å². The van der Waals surface area contributed by atoms with E-state index < -0.39 is 0 Å². The van der Waals surface area contributed by atoms with Crippen molar-refractivity contribution in [3.8, 4) is 31.6 Å². The van der Waals surface area contributed by atoms with Crippen molar-refractivity contribution in [2.24, 2.45) is 5.92 Å². The van der Waals surface area contributed by atoms with Crippen LogP contribution in [0.25, 0.3) is 60.2 Å². The summed E-state index contributed by atoms with van der Waals surface area (Å²) in [6, 6.07) is 14.8. The summed E-state index contributed by atoms with van der Waals surface area (Å²) < 4.78 is 5.03. The van der Waals surface area contributed by atoms with Gasteiger partial charge in [-0.2, -0.15) is 0 Å². The summed E-state index contributed by atoms with van der Waals surface area (Å²) in [5, 5.41) is 18.4. The van der Waals surface area contributed by atoms with Gasteiger partial charge in [-0.05, 0) is 60.4 Å². The van der Waals surface area contributed by atoms with Gasteiger partial charge in [0.15, 0.2) is 0 Å². The van der Waals surface area contributed by atoms with E-state index in [1.807, 2.05) is 40.9 Å². The molecule has 5 rings (SSSR count). The van der Waals surface area contributed by atoms with E-state index in [1.54, 1.807) is 46.2 Å². The number of allylic oxidation sites excluding steroid dienone is 2. The maximum Gasteiger partial charge on any atom is 0.263 e. The molecule has 0 aliphatic heterocycles. The van der Waals surface area contributed by atoms with Gasteiger partial charge in [0, 0.05) is 48.1 Å². The number of unbranched alkanes of at least 4 members (excludes halogenated alkanes) is 1. The Morgan fingerprint density at radius 2 is 1.46 bits per heavy atom. The number of hydrogen-bond acceptors (Lipinski definition) is 7. The zero-order valence-corrected chi connectivity index (χ0v) is 26.6. The highest BCUT2D eigenvalue weighted by molar-refractivity contribution is 7.35. The van der Waals surface area contributed by atoms with Crippen molar-refractivity contribution in [1.29, 1.82) is 10.5 Å². The summed E-state index contributed by atoms with van der Waals surface area (Å²) in [6.07, 6.45) is 9.13. The van der Waals surface area contributed by atoms with Gasteiger partial charge in [-0.25, -0.2) is 20.2 Å². The minimum absolute atomic E-state index is 0.0976. The monoisotopic (exact) mass is 624 g/mol. The molecule has 0 aliphatic carbocycles. The van der Waals surface area contributed by atoms with Crippen LogP contribution in [0.15, 0.2) is 41.7 Å². The maximum atomic E-state index is 9.39. The van der Waals surface area contributed by atoms with E-state index in [-0.39, 0.29) is 11.4 Å². The SMILES string of the molecule is [C-]#[N+]/C(C#N)=C\c1sc2cc(-c3cc4sc(-c5ccc(/C=C(\C#N)[N+]#[C-])s5)cc4s3)sc2c1CC(CC)CCCC. The van der Waals surface area contributed by atoms with Crippen LogP contribution in [-0.4, -0.2) is 0 Å². The molecule has 9 heteroatoms. The predicted molar refractivity (Wildman–Crippen MR) is 179 cm³/mol. The van der Waals surface area contributed by atoms with E-state index in [1.165, 1.54) is 58.3 Å². The summed E-state index contributed by atoms with van der Waals surface area (Å²) in [6.45, 7) is 19.0. The summed E-state index contributed by atoms with van der Waals surface area (Å²) in [4.78, 5) is 13.5. The van der Waals surface area contributed by atoms with Crippen molar-refractivity contribution in [3.63, 3.8) is 0 Å². The number of thiophene rings is 5. The number of fused-ring (bicyclic) bond motifs is 2. The lowest BCUT2D eigenvalue weighted by Gasteiger charge is -2.14. The Morgan fingerprint density at radius 3 is 2.10 bits per heavy atom. The minimum atomic E-state index is 0.0976. The van der Waals surface area contributed by atoms with E-state index in [0.29, 0.717) is 5.92 Å². The van der Waals surface area contributed by atoms with Crippen molar-refractivity contribution < 1.29 is 0 Å². The molecule has 0 saturated heterocycles. The molecule has 202 valence electrons. The summed E-state index contributed by atoms with van der Waals surface area (Å²) >= 11 is 8.70. The van der Waals surface area contributed by atoms with Crippen LogP contribution in [0.1, 0.15) is 54.8 Å². The zero-order valence-electron chi connectivity index (χ0n) is 22.5. The Bertz CT molecular complexity index is 1900. The van der Waals surface area contributed by atoms with Gasteiger partial charge in [0.1, 0.15) is 0 Å². The zero-order chi connectivity index (χ0) is 28.9. The third-order valence-corrected chi connectivity index (χ3v) is 13.0. The minimum Gasteiger partial charge on any atom is -0.227 e. The molecule has 0 radical (unpaired) electrons. The number of nitrogens with zero attached hydrogens (tertiary/aromatic N) is 4. The molecular formula is C32H24N4S5. The number of hydrogen-bond donors (Lipinski definition) is 0. The van der Waals surface area contributed by atoms with Crippen molar-refractivity contribution in [1.82, 2.24) is 0 Å². The Hall–Kier alpha value is -3.54. The van der Waals surface area contributed by atoms with E-state index in [9.17, 15) is 5.26 Å². The first-order chi connectivity index (χ1) is 20.0. The molecule has 0 spiro atoms. The fraction of sp³-hybridized carbons (Fsp3) is 0.250. The quantitative estimate of drug-likeness (QED) is 0.115. The molecule has 0 bridgehead atoms. The molecule has 0 saturated carbocycles. The Morgan fingerprint density at radius 1 is 0.829 bits per heavy atom. The topological polar surface area (TPSA) is 56.3 Å². The summed E-state index contributed by atoms with van der Waals surface area (Å²) in [5.74, 6) is 0.593. The summed E-state index contributed by atoms with van der Waals surface area (Å²) in [7, 11) is 0. The molecular weight excluding hydrogens is 601 g/mol. The first-order valence-electron chi connectivity index (χ1n) is 13.2. The largest absolute Gasteiger partial charge is 0.263 e. The van der Waals surface area contributed by atoms with Crippen molar-refractivity contribution in [3.05, 3.63) is 79.9 Å². The van der Waals surface area contributed by atoms with Crippen LogP contribution in [0.2, 0.25) is 0 Å². The Labute approximate surface area is 260 Å². The fourth-order valence-corrected chi connectivity index (χ4v) is 10.8. The predicted octanol–water partition coefficient (Wildman–Crippen LogP) is 12.0. The van der Waals surface area contributed by atoms with Crippen LogP contribution in [0.5, 0.6) is 0 Å². The second-order valence-corrected chi connectivity index (χ2v) is 14.9. The lowest BCUT2D eigenvalue weighted by atomic mass is 9.92. The number of nitriles is 2. The van der Waals surface area contributed by atoms with Crippen molar-refractivity contribution in [2.45, 2.75) is 46.0 Å². The Kier molecular flexibility index (Phi) is 9.16. The fourth-order valence-electron chi connectivity index (χ4n) is 4.70. The first-order valence-corrected chi connectivity index (χ1v) is 17.3. The molecule has 0 aliphatic rings. The molecule has 4 nitrogen and oxygen atoms in total. The van der Waals surface area contributed by atoms with Gasteiger partial charge in [-0.15, -0.1) is 56.7 Å². The average Bonchev–Trinajstić information content (AvgIpc) is 3.79. The second kappa shape index (κ2) is 13.0. The van der Waals surface area contributed by atoms with Gasteiger partial charge < -0.3 is 0 Å². The van der Waals surface area contributed by atoms with Crippen molar-refractivity contribution in [2.75, 3.05) is 0 Å². The first kappa shape index (κ1) is 29.0.